The number of amides is 1. The van der Waals surface area contributed by atoms with Crippen molar-refractivity contribution in [3.8, 4) is 11.5 Å². The van der Waals surface area contributed by atoms with Crippen molar-refractivity contribution in [1.82, 2.24) is 4.90 Å². The second-order valence-corrected chi connectivity index (χ2v) is 6.29. The zero-order chi connectivity index (χ0) is 18.0. The number of carbonyl (C=O) groups excluding carboxylic acids is 1. The summed E-state index contributed by atoms with van der Waals surface area (Å²) in [7, 11) is 3.25. The van der Waals surface area contributed by atoms with E-state index in [1.54, 1.807) is 21.1 Å². The van der Waals surface area contributed by atoms with Gasteiger partial charge in [0.15, 0.2) is 11.5 Å². The quantitative estimate of drug-likeness (QED) is 0.929. The lowest BCUT2D eigenvalue weighted by Crippen LogP contribution is -2.47. The molecule has 2 aromatic carbocycles. The molecule has 25 heavy (non-hydrogen) atoms. The molecule has 2 atom stereocenters. The van der Waals surface area contributed by atoms with Crippen molar-refractivity contribution >= 4 is 5.91 Å². The first-order valence-corrected chi connectivity index (χ1v) is 8.42. The lowest BCUT2D eigenvalue weighted by Gasteiger charge is -2.39. The third kappa shape index (κ3) is 3.20. The Kier molecular flexibility index (Phi) is 4.95. The van der Waals surface area contributed by atoms with Gasteiger partial charge in [-0.2, -0.15) is 0 Å². The van der Waals surface area contributed by atoms with Crippen LogP contribution in [0.15, 0.2) is 42.5 Å². The molecule has 0 aliphatic carbocycles. The first-order valence-electron chi connectivity index (χ1n) is 8.42. The van der Waals surface area contributed by atoms with E-state index in [1.807, 2.05) is 47.4 Å². The van der Waals surface area contributed by atoms with Gasteiger partial charge < -0.3 is 20.1 Å². The molecule has 0 bridgehead atoms. The number of hydrogen-bond acceptors (Lipinski definition) is 4. The third-order valence-corrected chi connectivity index (χ3v) is 4.66. The fourth-order valence-corrected chi connectivity index (χ4v) is 3.44. The van der Waals surface area contributed by atoms with Gasteiger partial charge in [0.1, 0.15) is 0 Å². The van der Waals surface area contributed by atoms with Crippen LogP contribution in [0.25, 0.3) is 0 Å². The van der Waals surface area contributed by atoms with E-state index in [1.165, 1.54) is 5.56 Å². The molecule has 0 aromatic heterocycles. The van der Waals surface area contributed by atoms with E-state index in [9.17, 15) is 4.79 Å². The fraction of sp³-hybridized carbons (Fsp3) is 0.350. The van der Waals surface area contributed by atoms with Crippen LogP contribution in [0.3, 0.4) is 0 Å². The van der Waals surface area contributed by atoms with Gasteiger partial charge in [0.25, 0.3) is 0 Å². The molecule has 132 valence electrons. The molecule has 1 unspecified atom stereocenters. The number of nitrogens with two attached hydrogens (primary N) is 1. The van der Waals surface area contributed by atoms with Crippen LogP contribution < -0.4 is 15.2 Å². The Balaban J connectivity index is 2.15. The molecular weight excluding hydrogens is 316 g/mol. The number of carbonyl (C=O) groups is 1. The molecule has 0 saturated heterocycles. The molecular formula is C20H24N2O3. The molecule has 3 rings (SSSR count). The zero-order valence-corrected chi connectivity index (χ0v) is 14.9. The normalized spacial score (nSPS) is 17.6. The van der Waals surface area contributed by atoms with Crippen LogP contribution in [-0.2, 0) is 11.2 Å². The summed E-state index contributed by atoms with van der Waals surface area (Å²) >= 11 is 0. The highest BCUT2D eigenvalue weighted by Crippen LogP contribution is 2.41. The summed E-state index contributed by atoms with van der Waals surface area (Å²) in [6.07, 6.45) is 0.761. The number of ether oxygens (including phenoxy) is 2. The third-order valence-electron chi connectivity index (χ3n) is 4.66. The van der Waals surface area contributed by atoms with E-state index in [0.29, 0.717) is 18.0 Å². The molecule has 1 heterocycles. The minimum absolute atomic E-state index is 0.0470. The summed E-state index contributed by atoms with van der Waals surface area (Å²) in [5.41, 5.74) is 9.18. The molecule has 5 nitrogen and oxygen atoms in total. The van der Waals surface area contributed by atoms with Gasteiger partial charge in [-0.1, -0.05) is 30.3 Å². The highest BCUT2D eigenvalue weighted by molar-refractivity contribution is 5.82. The fourth-order valence-electron chi connectivity index (χ4n) is 3.44. The van der Waals surface area contributed by atoms with Crippen molar-refractivity contribution in [2.24, 2.45) is 5.73 Å². The maximum atomic E-state index is 12.7. The maximum absolute atomic E-state index is 12.7. The monoisotopic (exact) mass is 340 g/mol. The topological polar surface area (TPSA) is 64.8 Å². The Labute approximate surface area is 148 Å². The van der Waals surface area contributed by atoms with Crippen LogP contribution in [0.4, 0.5) is 0 Å². The Morgan fingerprint density at radius 1 is 1.16 bits per heavy atom. The van der Waals surface area contributed by atoms with Crippen molar-refractivity contribution in [3.63, 3.8) is 0 Å². The first-order chi connectivity index (χ1) is 12.1. The van der Waals surface area contributed by atoms with E-state index < -0.39 is 6.04 Å². The van der Waals surface area contributed by atoms with Gasteiger partial charge in [0, 0.05) is 6.54 Å². The number of nitrogens with zero attached hydrogens (tertiary/aromatic N) is 1. The number of fused-ring (bicyclic) bond motifs is 1. The summed E-state index contributed by atoms with van der Waals surface area (Å²) in [6, 6.07) is 13.3. The van der Waals surface area contributed by atoms with Crippen LogP contribution in [0, 0.1) is 0 Å². The van der Waals surface area contributed by atoms with E-state index in [2.05, 4.69) is 0 Å². The summed E-state index contributed by atoms with van der Waals surface area (Å²) in [4.78, 5) is 14.6. The standard InChI is InChI=1S/C20H24N2O3/c1-13(21)20(23)22-10-9-15-11-17(24-2)18(25-3)12-16(15)19(22)14-7-5-4-6-8-14/h4-8,11-13,19H,9-10,21H2,1-3H3/t13-,19?/m1/s1. The van der Waals surface area contributed by atoms with Crippen LogP contribution in [0.2, 0.25) is 0 Å². The average Bonchev–Trinajstić information content (AvgIpc) is 2.65. The summed E-state index contributed by atoms with van der Waals surface area (Å²) in [5.74, 6) is 1.33. The number of rotatable bonds is 4. The summed E-state index contributed by atoms with van der Waals surface area (Å²) < 4.78 is 10.9. The highest BCUT2D eigenvalue weighted by Gasteiger charge is 2.34. The zero-order valence-electron chi connectivity index (χ0n) is 14.9. The van der Waals surface area contributed by atoms with Gasteiger partial charge in [-0.3, -0.25) is 4.79 Å². The van der Waals surface area contributed by atoms with E-state index in [-0.39, 0.29) is 11.9 Å². The number of hydrogen-bond donors (Lipinski definition) is 1. The molecule has 1 aliphatic rings. The van der Waals surface area contributed by atoms with E-state index in [0.717, 1.165) is 17.5 Å². The Hall–Kier alpha value is -2.53. The van der Waals surface area contributed by atoms with E-state index in [4.69, 9.17) is 15.2 Å². The van der Waals surface area contributed by atoms with Gasteiger partial charge in [0.05, 0.1) is 26.3 Å². The maximum Gasteiger partial charge on any atom is 0.239 e. The SMILES string of the molecule is COc1cc2c(cc1OC)C(c1ccccc1)N(C(=O)[C@@H](C)N)CC2. The van der Waals surface area contributed by atoms with Gasteiger partial charge >= 0.3 is 0 Å². The smallest absolute Gasteiger partial charge is 0.239 e. The Bertz CT molecular complexity index is 759. The molecule has 5 heteroatoms. The summed E-state index contributed by atoms with van der Waals surface area (Å²) in [6.45, 7) is 2.36. The van der Waals surface area contributed by atoms with Crippen LogP contribution in [0.1, 0.15) is 29.7 Å². The second-order valence-electron chi connectivity index (χ2n) is 6.29. The second kappa shape index (κ2) is 7.15. The van der Waals surface area contributed by atoms with Crippen molar-refractivity contribution in [1.29, 1.82) is 0 Å². The van der Waals surface area contributed by atoms with Crippen molar-refractivity contribution in [3.05, 3.63) is 59.2 Å². The van der Waals surface area contributed by atoms with Crippen LogP contribution >= 0.6 is 0 Å². The van der Waals surface area contributed by atoms with Crippen molar-refractivity contribution in [2.45, 2.75) is 25.4 Å². The van der Waals surface area contributed by atoms with Gasteiger partial charge in [-0.05, 0) is 42.2 Å². The number of benzene rings is 2. The summed E-state index contributed by atoms with van der Waals surface area (Å²) in [5, 5.41) is 0. The minimum atomic E-state index is -0.534. The molecule has 2 N–H and O–H groups in total. The Morgan fingerprint density at radius 3 is 2.40 bits per heavy atom. The molecule has 0 saturated carbocycles. The molecule has 0 radical (unpaired) electrons. The van der Waals surface area contributed by atoms with Crippen molar-refractivity contribution < 1.29 is 14.3 Å². The molecule has 1 aliphatic heterocycles. The first kappa shape index (κ1) is 17.3. The van der Waals surface area contributed by atoms with Gasteiger partial charge in [-0.25, -0.2) is 0 Å². The predicted octanol–water partition coefficient (Wildman–Crippen LogP) is 2.53. The average molecular weight is 340 g/mol. The van der Waals surface area contributed by atoms with Crippen molar-refractivity contribution in [2.75, 3.05) is 20.8 Å². The minimum Gasteiger partial charge on any atom is -0.493 e. The van der Waals surface area contributed by atoms with Crippen LogP contribution in [-0.4, -0.2) is 37.6 Å². The lowest BCUT2D eigenvalue weighted by atomic mass is 9.87. The largest absolute Gasteiger partial charge is 0.493 e. The van der Waals surface area contributed by atoms with Crippen LogP contribution in [0.5, 0.6) is 11.5 Å². The highest BCUT2D eigenvalue weighted by atomic mass is 16.5. The molecule has 0 fully saturated rings. The Morgan fingerprint density at radius 2 is 1.80 bits per heavy atom. The van der Waals surface area contributed by atoms with Gasteiger partial charge in [0.2, 0.25) is 5.91 Å². The van der Waals surface area contributed by atoms with E-state index >= 15 is 0 Å². The van der Waals surface area contributed by atoms with Gasteiger partial charge in [-0.15, -0.1) is 0 Å². The molecule has 2 aromatic rings. The molecule has 0 spiro atoms. The predicted molar refractivity (Wildman–Crippen MR) is 96.9 cm³/mol. The molecule has 1 amide bonds. The lowest BCUT2D eigenvalue weighted by molar-refractivity contribution is -0.134. The number of methoxy groups -OCH3 is 2.